The van der Waals surface area contributed by atoms with Crippen LogP contribution in [0.2, 0.25) is 5.02 Å². The van der Waals surface area contributed by atoms with Crippen molar-refractivity contribution < 1.29 is 19.0 Å². The van der Waals surface area contributed by atoms with Crippen LogP contribution in [0.3, 0.4) is 0 Å². The second-order valence-corrected chi connectivity index (χ2v) is 5.84. The summed E-state index contributed by atoms with van der Waals surface area (Å²) in [5.41, 5.74) is 1.90. The minimum atomic E-state index is -0.523. The molecule has 0 radical (unpaired) electrons. The number of benzene rings is 2. The molecule has 0 atom stereocenters. The van der Waals surface area contributed by atoms with Crippen LogP contribution in [-0.2, 0) is 6.42 Å². The van der Waals surface area contributed by atoms with Crippen LogP contribution in [-0.4, -0.2) is 23.0 Å². The number of carbonyl (C=O) groups is 1. The van der Waals surface area contributed by atoms with Crippen molar-refractivity contribution in [2.75, 3.05) is 6.79 Å². The number of hydrogen-bond donors (Lipinski definition) is 1. The summed E-state index contributed by atoms with van der Waals surface area (Å²) in [5, 5.41) is 6.98. The molecule has 1 aromatic heterocycles. The maximum atomic E-state index is 12.1. The average Bonchev–Trinajstić information content (AvgIpc) is 3.28. The van der Waals surface area contributed by atoms with E-state index < -0.39 is 5.97 Å². The van der Waals surface area contributed by atoms with E-state index in [9.17, 15) is 4.79 Å². The third kappa shape index (κ3) is 3.16. The molecule has 2 heterocycles. The van der Waals surface area contributed by atoms with Gasteiger partial charge in [0.2, 0.25) is 6.79 Å². The van der Waals surface area contributed by atoms with Gasteiger partial charge in [-0.05, 0) is 29.3 Å². The first-order chi connectivity index (χ1) is 12.2. The van der Waals surface area contributed by atoms with E-state index in [1.807, 2.05) is 18.2 Å². The molecule has 2 aromatic carbocycles. The van der Waals surface area contributed by atoms with Crippen LogP contribution in [0.1, 0.15) is 21.6 Å². The molecule has 1 aliphatic rings. The molecule has 0 spiro atoms. The Bertz CT molecular complexity index is 925. The number of H-pyrrole nitrogens is 1. The van der Waals surface area contributed by atoms with Crippen LogP contribution in [0.4, 0.5) is 0 Å². The van der Waals surface area contributed by atoms with Crippen LogP contribution >= 0.6 is 11.6 Å². The van der Waals surface area contributed by atoms with E-state index in [4.69, 9.17) is 25.8 Å². The van der Waals surface area contributed by atoms with Crippen molar-refractivity contribution in [3.05, 3.63) is 70.5 Å². The average molecular weight is 357 g/mol. The summed E-state index contributed by atoms with van der Waals surface area (Å²) in [6, 6.07) is 12.4. The molecular formula is C18H13ClN2O4. The SMILES string of the molecule is O=C(Oc1ccccc1Cc1cc2c(cc1Cl)OCO2)c1cc[nH]n1. The van der Waals surface area contributed by atoms with E-state index in [2.05, 4.69) is 10.2 Å². The van der Waals surface area contributed by atoms with Gasteiger partial charge in [-0.2, -0.15) is 5.10 Å². The van der Waals surface area contributed by atoms with Crippen molar-refractivity contribution in [3.63, 3.8) is 0 Å². The van der Waals surface area contributed by atoms with Gasteiger partial charge in [-0.1, -0.05) is 29.8 Å². The Labute approximate surface area is 148 Å². The maximum absolute atomic E-state index is 12.1. The van der Waals surface area contributed by atoms with Crippen molar-refractivity contribution in [2.45, 2.75) is 6.42 Å². The number of rotatable bonds is 4. The fraction of sp³-hybridized carbons (Fsp3) is 0.111. The molecule has 0 amide bonds. The lowest BCUT2D eigenvalue weighted by Crippen LogP contribution is -2.10. The Morgan fingerprint density at radius 3 is 2.76 bits per heavy atom. The highest BCUT2D eigenvalue weighted by atomic mass is 35.5. The zero-order valence-corrected chi connectivity index (χ0v) is 13.7. The molecule has 4 rings (SSSR count). The fourth-order valence-corrected chi connectivity index (χ4v) is 2.80. The van der Waals surface area contributed by atoms with Gasteiger partial charge >= 0.3 is 5.97 Å². The van der Waals surface area contributed by atoms with E-state index in [0.717, 1.165) is 11.1 Å². The minimum Gasteiger partial charge on any atom is -0.454 e. The zero-order valence-electron chi connectivity index (χ0n) is 13.0. The van der Waals surface area contributed by atoms with Gasteiger partial charge in [0.1, 0.15) is 5.75 Å². The standard InChI is InChI=1S/C18H13ClN2O4/c19-13-9-17-16(23-10-24-17)8-12(13)7-11-3-1-2-4-15(11)25-18(22)14-5-6-20-21-14/h1-6,8-9H,7,10H2,(H,20,21). The molecule has 7 heteroatoms. The molecule has 0 saturated heterocycles. The lowest BCUT2D eigenvalue weighted by atomic mass is 10.0. The lowest BCUT2D eigenvalue weighted by Gasteiger charge is -2.11. The first-order valence-corrected chi connectivity index (χ1v) is 7.96. The molecule has 1 N–H and O–H groups in total. The number of para-hydroxylation sites is 1. The second-order valence-electron chi connectivity index (χ2n) is 5.43. The topological polar surface area (TPSA) is 73.4 Å². The summed E-state index contributed by atoms with van der Waals surface area (Å²) >= 11 is 6.34. The van der Waals surface area contributed by atoms with Gasteiger partial charge in [-0.3, -0.25) is 5.10 Å². The predicted molar refractivity (Wildman–Crippen MR) is 90.4 cm³/mol. The highest BCUT2D eigenvalue weighted by molar-refractivity contribution is 6.31. The Hall–Kier alpha value is -2.99. The lowest BCUT2D eigenvalue weighted by molar-refractivity contribution is 0.0727. The molecule has 0 aliphatic carbocycles. The number of aromatic nitrogens is 2. The molecule has 0 unspecified atom stereocenters. The van der Waals surface area contributed by atoms with Gasteiger partial charge in [0.25, 0.3) is 0 Å². The van der Waals surface area contributed by atoms with Crippen LogP contribution in [0, 0.1) is 0 Å². The van der Waals surface area contributed by atoms with Gasteiger partial charge in [0.05, 0.1) is 0 Å². The van der Waals surface area contributed by atoms with Gasteiger partial charge in [-0.25, -0.2) is 4.79 Å². The van der Waals surface area contributed by atoms with Crippen molar-refractivity contribution in [1.82, 2.24) is 10.2 Å². The van der Waals surface area contributed by atoms with E-state index >= 15 is 0 Å². The minimum absolute atomic E-state index is 0.187. The summed E-state index contributed by atoms with van der Waals surface area (Å²) < 4.78 is 16.2. The summed E-state index contributed by atoms with van der Waals surface area (Å²) in [6.45, 7) is 0.187. The number of carbonyl (C=O) groups excluding carboxylic acids is 1. The van der Waals surface area contributed by atoms with E-state index in [0.29, 0.717) is 28.7 Å². The third-order valence-corrected chi connectivity index (χ3v) is 4.16. The fourth-order valence-electron chi connectivity index (χ4n) is 2.58. The summed E-state index contributed by atoms with van der Waals surface area (Å²) in [5.74, 6) is 1.23. The number of halogens is 1. The number of ether oxygens (including phenoxy) is 3. The Morgan fingerprint density at radius 2 is 1.96 bits per heavy atom. The number of nitrogens with one attached hydrogen (secondary N) is 1. The molecule has 126 valence electrons. The van der Waals surface area contributed by atoms with Gasteiger partial charge < -0.3 is 14.2 Å². The van der Waals surface area contributed by atoms with Crippen molar-refractivity contribution in [2.24, 2.45) is 0 Å². The number of hydrogen-bond acceptors (Lipinski definition) is 5. The molecular weight excluding hydrogens is 344 g/mol. The highest BCUT2D eigenvalue weighted by Crippen LogP contribution is 2.38. The van der Waals surface area contributed by atoms with Crippen LogP contribution in [0.15, 0.2) is 48.7 Å². The first-order valence-electron chi connectivity index (χ1n) is 7.58. The molecule has 25 heavy (non-hydrogen) atoms. The first kappa shape index (κ1) is 15.5. The third-order valence-electron chi connectivity index (χ3n) is 3.81. The van der Waals surface area contributed by atoms with Crippen LogP contribution in [0.25, 0.3) is 0 Å². The number of aromatic amines is 1. The normalized spacial score (nSPS) is 12.2. The van der Waals surface area contributed by atoms with Crippen LogP contribution in [0.5, 0.6) is 17.2 Å². The van der Waals surface area contributed by atoms with Gasteiger partial charge in [-0.15, -0.1) is 0 Å². The smallest absolute Gasteiger partial charge is 0.364 e. The Morgan fingerprint density at radius 1 is 1.16 bits per heavy atom. The van der Waals surface area contributed by atoms with Gasteiger partial charge in [0.15, 0.2) is 17.2 Å². The molecule has 1 aliphatic heterocycles. The van der Waals surface area contributed by atoms with Crippen molar-refractivity contribution in [3.8, 4) is 17.2 Å². The number of nitrogens with zero attached hydrogens (tertiary/aromatic N) is 1. The van der Waals surface area contributed by atoms with Gasteiger partial charge in [0, 0.05) is 23.7 Å². The Balaban J connectivity index is 1.60. The Kier molecular flexibility index (Phi) is 4.03. The van der Waals surface area contributed by atoms with Crippen LogP contribution < -0.4 is 14.2 Å². The number of esters is 1. The van der Waals surface area contributed by atoms with Crippen molar-refractivity contribution >= 4 is 17.6 Å². The monoisotopic (exact) mass is 356 g/mol. The molecule has 0 bridgehead atoms. The van der Waals surface area contributed by atoms with E-state index in [1.165, 1.54) is 0 Å². The van der Waals surface area contributed by atoms with E-state index in [-0.39, 0.29) is 12.5 Å². The summed E-state index contributed by atoms with van der Waals surface area (Å²) in [4.78, 5) is 12.1. The largest absolute Gasteiger partial charge is 0.454 e. The second kappa shape index (κ2) is 6.49. The molecule has 6 nitrogen and oxygen atoms in total. The molecule has 0 fully saturated rings. The molecule has 0 saturated carbocycles. The zero-order chi connectivity index (χ0) is 17.2. The summed E-state index contributed by atoms with van der Waals surface area (Å²) in [6.07, 6.45) is 2.05. The van der Waals surface area contributed by atoms with E-state index in [1.54, 1.807) is 30.5 Å². The van der Waals surface area contributed by atoms with Crippen molar-refractivity contribution in [1.29, 1.82) is 0 Å². The quantitative estimate of drug-likeness (QED) is 0.571. The predicted octanol–water partition coefficient (Wildman–Crippen LogP) is 3.60. The summed E-state index contributed by atoms with van der Waals surface area (Å²) in [7, 11) is 0. The number of fused-ring (bicyclic) bond motifs is 1. The maximum Gasteiger partial charge on any atom is 0.364 e. The molecule has 3 aromatic rings. The highest BCUT2D eigenvalue weighted by Gasteiger charge is 2.18.